The summed E-state index contributed by atoms with van der Waals surface area (Å²) in [6, 6.07) is 53.9. The molecular formula is C48H28N4. The van der Waals surface area contributed by atoms with Gasteiger partial charge in [0, 0.05) is 62.0 Å². The van der Waals surface area contributed by atoms with Gasteiger partial charge in [0.2, 0.25) is 0 Å². The van der Waals surface area contributed by atoms with Crippen molar-refractivity contribution in [3.63, 3.8) is 0 Å². The van der Waals surface area contributed by atoms with Gasteiger partial charge in [-0.3, -0.25) is 15.0 Å². The molecule has 0 aliphatic rings. The first-order chi connectivity index (χ1) is 25.8. The number of para-hydroxylation sites is 1. The van der Waals surface area contributed by atoms with Crippen LogP contribution in [0.3, 0.4) is 0 Å². The van der Waals surface area contributed by atoms with Gasteiger partial charge >= 0.3 is 0 Å². The Kier molecular flexibility index (Phi) is 6.22. The highest BCUT2D eigenvalue weighted by Gasteiger charge is 2.18. The molecule has 0 atom stereocenters. The summed E-state index contributed by atoms with van der Waals surface area (Å²) in [4.78, 5) is 19.7. The first-order valence-electron chi connectivity index (χ1n) is 17.6. The van der Waals surface area contributed by atoms with Gasteiger partial charge in [-0.15, -0.1) is 0 Å². The maximum atomic E-state index is 5.35. The van der Waals surface area contributed by atoms with E-state index in [0.29, 0.717) is 0 Å². The molecular weight excluding hydrogens is 633 g/mol. The molecule has 0 saturated heterocycles. The molecule has 0 unspecified atom stereocenters. The van der Waals surface area contributed by atoms with Gasteiger partial charge in [-0.05, 0) is 62.5 Å². The van der Waals surface area contributed by atoms with Crippen LogP contribution in [0.25, 0.3) is 109 Å². The number of aromatic nitrogens is 4. The van der Waals surface area contributed by atoms with E-state index in [9.17, 15) is 0 Å². The number of rotatable bonds is 3. The largest absolute Gasteiger partial charge is 0.256 e. The van der Waals surface area contributed by atoms with Crippen molar-refractivity contribution in [3.8, 4) is 33.5 Å². The van der Waals surface area contributed by atoms with Crippen molar-refractivity contribution in [2.75, 3.05) is 0 Å². The maximum Gasteiger partial charge on any atom is 0.0970 e. The Morgan fingerprint density at radius 2 is 0.885 bits per heavy atom. The minimum absolute atomic E-state index is 0.905. The molecule has 11 aromatic rings. The summed E-state index contributed by atoms with van der Waals surface area (Å²) >= 11 is 0. The number of pyridine rings is 4. The Morgan fingerprint density at radius 3 is 1.69 bits per heavy atom. The number of hydrogen-bond donors (Lipinski definition) is 0. The Morgan fingerprint density at radius 1 is 0.308 bits per heavy atom. The van der Waals surface area contributed by atoms with Crippen molar-refractivity contribution >= 4 is 75.9 Å². The van der Waals surface area contributed by atoms with E-state index in [1.165, 1.54) is 37.7 Å². The second kappa shape index (κ2) is 11.2. The molecule has 0 saturated carbocycles. The molecule has 4 heterocycles. The lowest BCUT2D eigenvalue weighted by Gasteiger charge is -2.16. The Bertz CT molecular complexity index is 3240. The van der Waals surface area contributed by atoms with Crippen LogP contribution in [-0.2, 0) is 0 Å². The first-order valence-corrected chi connectivity index (χ1v) is 17.6. The predicted molar refractivity (Wildman–Crippen MR) is 216 cm³/mol. The third-order valence-corrected chi connectivity index (χ3v) is 10.6. The fourth-order valence-electron chi connectivity index (χ4n) is 8.27. The number of nitrogens with zero attached hydrogens (tertiary/aromatic N) is 4. The van der Waals surface area contributed by atoms with E-state index in [1.807, 2.05) is 30.7 Å². The molecule has 11 rings (SSSR count). The minimum Gasteiger partial charge on any atom is -0.256 e. The molecule has 0 spiro atoms. The second-order valence-corrected chi connectivity index (χ2v) is 13.4. The quantitative estimate of drug-likeness (QED) is 0.177. The van der Waals surface area contributed by atoms with E-state index >= 15 is 0 Å². The molecule has 4 nitrogen and oxygen atoms in total. The van der Waals surface area contributed by atoms with Crippen molar-refractivity contribution in [1.82, 2.24) is 19.9 Å². The van der Waals surface area contributed by atoms with Crippen LogP contribution in [-0.4, -0.2) is 19.9 Å². The number of benzene rings is 7. The average molecular weight is 661 g/mol. The van der Waals surface area contributed by atoms with E-state index < -0.39 is 0 Å². The van der Waals surface area contributed by atoms with Crippen molar-refractivity contribution in [2.45, 2.75) is 0 Å². The van der Waals surface area contributed by atoms with Gasteiger partial charge in [0.25, 0.3) is 0 Å². The molecule has 4 aromatic heterocycles. The molecule has 7 aromatic carbocycles. The Balaban J connectivity index is 1.10. The van der Waals surface area contributed by atoms with E-state index in [2.05, 4.69) is 145 Å². The van der Waals surface area contributed by atoms with Crippen molar-refractivity contribution in [2.24, 2.45) is 0 Å². The summed E-state index contributed by atoms with van der Waals surface area (Å²) in [6.45, 7) is 0. The van der Waals surface area contributed by atoms with E-state index in [1.54, 1.807) is 0 Å². The Labute approximate surface area is 298 Å². The summed E-state index contributed by atoms with van der Waals surface area (Å²) in [7, 11) is 0. The van der Waals surface area contributed by atoms with E-state index in [4.69, 9.17) is 15.0 Å². The molecule has 4 heteroatoms. The van der Waals surface area contributed by atoms with Crippen molar-refractivity contribution in [1.29, 1.82) is 0 Å². The van der Waals surface area contributed by atoms with Gasteiger partial charge in [0.1, 0.15) is 0 Å². The van der Waals surface area contributed by atoms with Crippen molar-refractivity contribution < 1.29 is 0 Å². The van der Waals surface area contributed by atoms with E-state index in [-0.39, 0.29) is 0 Å². The average Bonchev–Trinajstić information content (AvgIpc) is 3.22. The molecule has 0 amide bonds. The molecule has 240 valence electrons. The maximum absolute atomic E-state index is 5.35. The predicted octanol–water partition coefficient (Wildman–Crippen LogP) is 12.3. The highest BCUT2D eigenvalue weighted by atomic mass is 14.7. The first kappa shape index (κ1) is 28.8. The van der Waals surface area contributed by atoms with Gasteiger partial charge in [-0.1, -0.05) is 127 Å². The molecule has 0 fully saturated rings. The fraction of sp³-hybridized carbons (Fsp3) is 0. The molecule has 52 heavy (non-hydrogen) atoms. The minimum atomic E-state index is 0.905. The third-order valence-electron chi connectivity index (χ3n) is 10.6. The third kappa shape index (κ3) is 4.21. The number of hydrogen-bond acceptors (Lipinski definition) is 4. The van der Waals surface area contributed by atoms with Gasteiger partial charge in [-0.2, -0.15) is 0 Å². The highest BCUT2D eigenvalue weighted by molar-refractivity contribution is 6.33. The standard InChI is InChI=1S/C48H28N4/c1-3-12-37-33(10-1)34-11-2-4-13-38(34)44-43(37)41-14-5-6-16-42(41)52-45(44)31-19-17-29(18-20-31)32-23-24-35(39-15-8-27-50-47(32)39)36-25-28-51-48-40(36)22-21-30-9-7-26-49-46(30)48/h1-28H. The van der Waals surface area contributed by atoms with Crippen LogP contribution in [0.1, 0.15) is 0 Å². The monoisotopic (exact) mass is 660 g/mol. The van der Waals surface area contributed by atoms with Crippen LogP contribution in [0.15, 0.2) is 170 Å². The van der Waals surface area contributed by atoms with E-state index in [0.717, 1.165) is 71.7 Å². The van der Waals surface area contributed by atoms with Crippen LogP contribution in [0.2, 0.25) is 0 Å². The second-order valence-electron chi connectivity index (χ2n) is 13.4. The lowest BCUT2D eigenvalue weighted by Crippen LogP contribution is -1.93. The van der Waals surface area contributed by atoms with Crippen molar-refractivity contribution in [3.05, 3.63) is 170 Å². The highest BCUT2D eigenvalue weighted by Crippen LogP contribution is 2.43. The molecule has 0 radical (unpaired) electrons. The summed E-state index contributed by atoms with van der Waals surface area (Å²) in [5.74, 6) is 0. The zero-order valence-corrected chi connectivity index (χ0v) is 28.0. The van der Waals surface area contributed by atoms with Gasteiger partial charge in [0.05, 0.1) is 27.8 Å². The normalized spacial score (nSPS) is 11.8. The summed E-state index contributed by atoms with van der Waals surface area (Å²) < 4.78 is 0. The lowest BCUT2D eigenvalue weighted by molar-refractivity contribution is 1.37. The zero-order valence-electron chi connectivity index (χ0n) is 28.0. The van der Waals surface area contributed by atoms with Gasteiger partial charge in [0.15, 0.2) is 0 Å². The Hall–Kier alpha value is -7.04. The van der Waals surface area contributed by atoms with Gasteiger partial charge < -0.3 is 0 Å². The zero-order chi connectivity index (χ0) is 34.2. The smallest absolute Gasteiger partial charge is 0.0970 e. The molecule has 0 aliphatic heterocycles. The summed E-state index contributed by atoms with van der Waals surface area (Å²) in [6.07, 6.45) is 5.60. The topological polar surface area (TPSA) is 51.6 Å². The fourth-order valence-corrected chi connectivity index (χ4v) is 8.27. The SMILES string of the molecule is c1cnc2c(c1)ccc1c(-c3ccc(-c4ccc(-c5nc6ccccc6c6c7ccccc7c7ccccc7c56)cc4)c4ncccc34)ccnc12. The summed E-state index contributed by atoms with van der Waals surface area (Å²) in [5, 5.41) is 11.8. The number of fused-ring (bicyclic) bond motifs is 12. The van der Waals surface area contributed by atoms with Crippen LogP contribution < -0.4 is 0 Å². The molecule has 0 bridgehead atoms. The summed E-state index contributed by atoms with van der Waals surface area (Å²) in [5.41, 5.74) is 10.3. The molecule has 0 N–H and O–H groups in total. The lowest BCUT2D eigenvalue weighted by atomic mass is 9.89. The van der Waals surface area contributed by atoms with Crippen LogP contribution in [0, 0.1) is 0 Å². The molecule has 0 aliphatic carbocycles. The van der Waals surface area contributed by atoms with Gasteiger partial charge in [-0.25, -0.2) is 4.98 Å². The van der Waals surface area contributed by atoms with Crippen LogP contribution >= 0.6 is 0 Å². The van der Waals surface area contributed by atoms with Crippen LogP contribution in [0.4, 0.5) is 0 Å². The van der Waals surface area contributed by atoms with Crippen LogP contribution in [0.5, 0.6) is 0 Å².